The molecule has 1 heteroatoms. The Morgan fingerprint density at radius 1 is 1.45 bits per heavy atom. The Bertz CT molecular complexity index is 127. The third kappa shape index (κ3) is 3.06. The van der Waals surface area contributed by atoms with Crippen LogP contribution in [0.25, 0.3) is 0 Å². The van der Waals surface area contributed by atoms with E-state index in [2.05, 4.69) is 39.8 Å². The average molecular weight is 155 g/mol. The van der Waals surface area contributed by atoms with Crippen molar-refractivity contribution in [2.24, 2.45) is 17.1 Å². The molecule has 0 spiro atoms. The van der Waals surface area contributed by atoms with E-state index in [-0.39, 0.29) is 5.41 Å². The fraction of sp³-hybridized carbons (Fsp3) is 0.800. The highest BCUT2D eigenvalue weighted by Crippen LogP contribution is 2.29. The van der Waals surface area contributed by atoms with Gasteiger partial charge in [0.2, 0.25) is 0 Å². The molecule has 11 heavy (non-hydrogen) atoms. The molecule has 0 aromatic carbocycles. The molecule has 0 aromatic rings. The predicted octanol–water partition coefficient (Wildman–Crippen LogP) is 2.57. The third-order valence-corrected chi connectivity index (χ3v) is 2.68. The summed E-state index contributed by atoms with van der Waals surface area (Å²) in [6, 6.07) is 0. The van der Waals surface area contributed by atoms with Crippen molar-refractivity contribution in [2.45, 2.75) is 34.1 Å². The minimum Gasteiger partial charge on any atom is -0.330 e. The molecule has 0 heterocycles. The molecule has 0 bridgehead atoms. The van der Waals surface area contributed by atoms with Crippen molar-refractivity contribution in [3.63, 3.8) is 0 Å². The standard InChI is InChI=1S/C10H21N/c1-5-6-7-10(4,8-11)9(2)3/h5-6,9H,7-8,11H2,1-4H3/b6-5-. The molecule has 0 aromatic heterocycles. The summed E-state index contributed by atoms with van der Waals surface area (Å²) in [6.07, 6.45) is 5.39. The number of hydrogen-bond donors (Lipinski definition) is 1. The maximum Gasteiger partial charge on any atom is -0.00178 e. The highest BCUT2D eigenvalue weighted by Gasteiger charge is 2.24. The summed E-state index contributed by atoms with van der Waals surface area (Å²) in [4.78, 5) is 0. The SMILES string of the molecule is C/C=C\CC(C)(CN)C(C)C. The summed E-state index contributed by atoms with van der Waals surface area (Å²) in [5, 5.41) is 0. The molecule has 1 nitrogen and oxygen atoms in total. The van der Waals surface area contributed by atoms with E-state index >= 15 is 0 Å². The van der Waals surface area contributed by atoms with Gasteiger partial charge in [-0.25, -0.2) is 0 Å². The largest absolute Gasteiger partial charge is 0.330 e. The van der Waals surface area contributed by atoms with Gasteiger partial charge in [-0.15, -0.1) is 0 Å². The Balaban J connectivity index is 4.10. The van der Waals surface area contributed by atoms with Crippen LogP contribution in [0, 0.1) is 11.3 Å². The molecule has 0 fully saturated rings. The predicted molar refractivity (Wildman–Crippen MR) is 51.4 cm³/mol. The van der Waals surface area contributed by atoms with E-state index in [1.807, 2.05) is 0 Å². The molecule has 1 atom stereocenters. The van der Waals surface area contributed by atoms with Crippen LogP contribution in [-0.2, 0) is 0 Å². The van der Waals surface area contributed by atoms with Gasteiger partial charge < -0.3 is 5.73 Å². The summed E-state index contributed by atoms with van der Waals surface area (Å²) in [5.74, 6) is 0.656. The van der Waals surface area contributed by atoms with Crippen LogP contribution >= 0.6 is 0 Å². The van der Waals surface area contributed by atoms with E-state index in [1.54, 1.807) is 0 Å². The van der Waals surface area contributed by atoms with Gasteiger partial charge in [0.15, 0.2) is 0 Å². The second-order valence-electron chi connectivity index (χ2n) is 3.79. The lowest BCUT2D eigenvalue weighted by molar-refractivity contribution is 0.232. The van der Waals surface area contributed by atoms with Gasteiger partial charge in [0.25, 0.3) is 0 Å². The molecule has 0 rings (SSSR count). The van der Waals surface area contributed by atoms with Gasteiger partial charge in [0.1, 0.15) is 0 Å². The zero-order valence-corrected chi connectivity index (χ0v) is 8.22. The Morgan fingerprint density at radius 2 is 2.00 bits per heavy atom. The molecule has 0 aliphatic heterocycles. The van der Waals surface area contributed by atoms with E-state index in [0.717, 1.165) is 13.0 Å². The number of allylic oxidation sites excluding steroid dienone is 2. The van der Waals surface area contributed by atoms with Gasteiger partial charge in [-0.1, -0.05) is 32.9 Å². The molecule has 66 valence electrons. The molecular weight excluding hydrogens is 134 g/mol. The second-order valence-corrected chi connectivity index (χ2v) is 3.79. The van der Waals surface area contributed by atoms with E-state index in [9.17, 15) is 0 Å². The van der Waals surface area contributed by atoms with Crippen LogP contribution in [0.4, 0.5) is 0 Å². The molecule has 0 saturated carbocycles. The molecule has 0 aliphatic carbocycles. The fourth-order valence-electron chi connectivity index (χ4n) is 0.942. The van der Waals surface area contributed by atoms with Crippen LogP contribution in [0.5, 0.6) is 0 Å². The minimum atomic E-state index is 0.284. The van der Waals surface area contributed by atoms with Crippen molar-refractivity contribution in [1.29, 1.82) is 0 Å². The normalized spacial score (nSPS) is 17.6. The lowest BCUT2D eigenvalue weighted by atomic mass is 9.76. The topological polar surface area (TPSA) is 26.0 Å². The molecule has 1 unspecified atom stereocenters. The van der Waals surface area contributed by atoms with Crippen LogP contribution in [0.2, 0.25) is 0 Å². The van der Waals surface area contributed by atoms with Gasteiger partial charge in [0.05, 0.1) is 0 Å². The molecule has 0 saturated heterocycles. The lowest BCUT2D eigenvalue weighted by Gasteiger charge is -2.31. The van der Waals surface area contributed by atoms with Crippen LogP contribution in [0.3, 0.4) is 0 Å². The Kier molecular flexibility index (Phi) is 4.43. The molecular formula is C10H21N. The van der Waals surface area contributed by atoms with Gasteiger partial charge in [0, 0.05) is 0 Å². The first-order valence-electron chi connectivity index (χ1n) is 4.38. The van der Waals surface area contributed by atoms with Crippen molar-refractivity contribution in [3.05, 3.63) is 12.2 Å². The van der Waals surface area contributed by atoms with Crippen LogP contribution in [-0.4, -0.2) is 6.54 Å². The zero-order chi connectivity index (χ0) is 8.91. The van der Waals surface area contributed by atoms with Gasteiger partial charge in [-0.3, -0.25) is 0 Å². The lowest BCUT2D eigenvalue weighted by Crippen LogP contribution is -2.31. The first-order chi connectivity index (χ1) is 5.06. The molecule has 0 aliphatic rings. The van der Waals surface area contributed by atoms with Crippen molar-refractivity contribution in [3.8, 4) is 0 Å². The first kappa shape index (κ1) is 10.7. The summed E-state index contributed by atoms with van der Waals surface area (Å²) in [6.45, 7) is 9.54. The van der Waals surface area contributed by atoms with E-state index in [4.69, 9.17) is 5.73 Å². The third-order valence-electron chi connectivity index (χ3n) is 2.68. The van der Waals surface area contributed by atoms with E-state index < -0.39 is 0 Å². The monoisotopic (exact) mass is 155 g/mol. The summed E-state index contributed by atoms with van der Waals surface area (Å²) < 4.78 is 0. The average Bonchev–Trinajstić information content (AvgIpc) is 2.00. The summed E-state index contributed by atoms with van der Waals surface area (Å²) in [7, 11) is 0. The summed E-state index contributed by atoms with van der Waals surface area (Å²) >= 11 is 0. The van der Waals surface area contributed by atoms with Crippen LogP contribution in [0.1, 0.15) is 34.1 Å². The van der Waals surface area contributed by atoms with Crippen LogP contribution in [0.15, 0.2) is 12.2 Å². The number of hydrogen-bond acceptors (Lipinski definition) is 1. The van der Waals surface area contributed by atoms with E-state index in [1.165, 1.54) is 0 Å². The Hall–Kier alpha value is -0.300. The quantitative estimate of drug-likeness (QED) is 0.620. The van der Waals surface area contributed by atoms with Gasteiger partial charge in [-0.05, 0) is 31.2 Å². The Morgan fingerprint density at radius 3 is 2.27 bits per heavy atom. The number of nitrogens with two attached hydrogens (primary N) is 1. The van der Waals surface area contributed by atoms with E-state index in [0.29, 0.717) is 5.92 Å². The number of rotatable bonds is 4. The molecule has 2 N–H and O–H groups in total. The maximum atomic E-state index is 5.71. The van der Waals surface area contributed by atoms with Crippen molar-refractivity contribution >= 4 is 0 Å². The maximum absolute atomic E-state index is 5.71. The zero-order valence-electron chi connectivity index (χ0n) is 8.22. The fourth-order valence-corrected chi connectivity index (χ4v) is 0.942. The molecule has 0 amide bonds. The van der Waals surface area contributed by atoms with Crippen LogP contribution < -0.4 is 5.73 Å². The second kappa shape index (κ2) is 4.55. The van der Waals surface area contributed by atoms with Gasteiger partial charge in [-0.2, -0.15) is 0 Å². The smallest absolute Gasteiger partial charge is 0.00178 e. The highest BCUT2D eigenvalue weighted by atomic mass is 14.6. The van der Waals surface area contributed by atoms with Crippen molar-refractivity contribution in [2.75, 3.05) is 6.54 Å². The Labute approximate surface area is 70.7 Å². The highest BCUT2D eigenvalue weighted by molar-refractivity contribution is 4.89. The van der Waals surface area contributed by atoms with Crippen molar-refractivity contribution < 1.29 is 0 Å². The summed E-state index contributed by atoms with van der Waals surface area (Å²) in [5.41, 5.74) is 6.00. The molecule has 0 radical (unpaired) electrons. The van der Waals surface area contributed by atoms with Gasteiger partial charge >= 0.3 is 0 Å². The van der Waals surface area contributed by atoms with Crippen molar-refractivity contribution in [1.82, 2.24) is 0 Å². The first-order valence-corrected chi connectivity index (χ1v) is 4.38. The minimum absolute atomic E-state index is 0.284.